The fourth-order valence-corrected chi connectivity index (χ4v) is 2.37. The maximum atomic E-state index is 12.9. The molecule has 2 aromatic carbocycles. The Bertz CT molecular complexity index is 691. The van der Waals surface area contributed by atoms with Crippen molar-refractivity contribution in [2.75, 3.05) is 25.0 Å². The predicted octanol–water partition coefficient (Wildman–Crippen LogP) is 2.75. The number of halogens is 2. The van der Waals surface area contributed by atoms with Gasteiger partial charge in [0.1, 0.15) is 24.3 Å². The minimum absolute atomic E-state index is 0. The first kappa shape index (κ1) is 19.2. The number of carbonyl (C=O) groups excluding carboxylic acids is 1. The van der Waals surface area contributed by atoms with E-state index in [1.165, 1.54) is 12.1 Å². The Kier molecular flexibility index (Phi) is 7.18. The van der Waals surface area contributed by atoms with Crippen LogP contribution >= 0.6 is 12.4 Å². The summed E-state index contributed by atoms with van der Waals surface area (Å²) in [5, 5.41) is 5.94. The maximum absolute atomic E-state index is 12.9. The molecule has 1 atom stereocenters. The Labute approximate surface area is 151 Å². The average Bonchev–Trinajstić information content (AvgIpc) is 2.62. The summed E-state index contributed by atoms with van der Waals surface area (Å²) in [5.41, 5.74) is 1.51. The Morgan fingerprint density at radius 1 is 1.28 bits per heavy atom. The molecule has 0 aromatic heterocycles. The maximum Gasteiger partial charge on any atom is 0.254 e. The lowest BCUT2D eigenvalue weighted by molar-refractivity contribution is -0.128. The first-order valence-electron chi connectivity index (χ1n) is 7.81. The van der Waals surface area contributed by atoms with Gasteiger partial charge in [0.05, 0.1) is 6.61 Å². The van der Waals surface area contributed by atoms with Crippen LogP contribution < -0.4 is 15.4 Å². The van der Waals surface area contributed by atoms with Crippen molar-refractivity contribution in [3.05, 3.63) is 59.9 Å². The van der Waals surface area contributed by atoms with Crippen molar-refractivity contribution in [3.63, 3.8) is 0 Å². The number of amides is 1. The molecular formula is C18H20ClFN2O3. The van der Waals surface area contributed by atoms with Crippen LogP contribution in [0.5, 0.6) is 5.75 Å². The molecule has 7 heteroatoms. The molecule has 1 heterocycles. The molecule has 0 aliphatic carbocycles. The van der Waals surface area contributed by atoms with Crippen LogP contribution in [0.15, 0.2) is 48.5 Å². The van der Waals surface area contributed by atoms with Crippen LogP contribution in [0.1, 0.15) is 5.56 Å². The number of nitrogens with one attached hydrogen (secondary N) is 2. The summed E-state index contributed by atoms with van der Waals surface area (Å²) < 4.78 is 24.0. The zero-order valence-corrected chi connectivity index (χ0v) is 14.4. The van der Waals surface area contributed by atoms with Crippen LogP contribution in [0.2, 0.25) is 0 Å². The molecule has 2 aromatic rings. The second kappa shape index (κ2) is 9.36. The zero-order valence-electron chi connectivity index (χ0n) is 13.5. The predicted molar refractivity (Wildman–Crippen MR) is 95.7 cm³/mol. The lowest BCUT2D eigenvalue weighted by Gasteiger charge is -2.22. The minimum atomic E-state index is -0.484. The fraction of sp³-hybridized carbons (Fsp3) is 0.278. The first-order chi connectivity index (χ1) is 11.7. The molecule has 1 aliphatic rings. The molecule has 3 rings (SSSR count). The minimum Gasteiger partial charge on any atom is -0.489 e. The van der Waals surface area contributed by atoms with Crippen LogP contribution in [0.3, 0.4) is 0 Å². The molecule has 134 valence electrons. The van der Waals surface area contributed by atoms with E-state index < -0.39 is 6.10 Å². The van der Waals surface area contributed by atoms with E-state index >= 15 is 0 Å². The molecule has 1 saturated heterocycles. The topological polar surface area (TPSA) is 59.6 Å². The molecule has 1 unspecified atom stereocenters. The highest BCUT2D eigenvalue weighted by Crippen LogP contribution is 2.19. The van der Waals surface area contributed by atoms with Gasteiger partial charge in [-0.25, -0.2) is 4.39 Å². The largest absolute Gasteiger partial charge is 0.489 e. The first-order valence-corrected chi connectivity index (χ1v) is 7.81. The third-order valence-corrected chi connectivity index (χ3v) is 3.64. The van der Waals surface area contributed by atoms with E-state index in [-0.39, 0.29) is 24.1 Å². The van der Waals surface area contributed by atoms with Crippen molar-refractivity contribution < 1.29 is 18.7 Å². The second-order valence-corrected chi connectivity index (χ2v) is 5.50. The lowest BCUT2D eigenvalue weighted by Crippen LogP contribution is -2.45. The van der Waals surface area contributed by atoms with Gasteiger partial charge in [0.2, 0.25) is 0 Å². The highest BCUT2D eigenvalue weighted by Gasteiger charge is 2.21. The van der Waals surface area contributed by atoms with Crippen LogP contribution in [-0.2, 0) is 16.1 Å². The summed E-state index contributed by atoms with van der Waals surface area (Å²) in [5.74, 6) is 0.167. The van der Waals surface area contributed by atoms with Crippen molar-refractivity contribution in [2.24, 2.45) is 0 Å². The molecule has 0 bridgehead atoms. The third kappa shape index (κ3) is 5.70. The molecule has 0 saturated carbocycles. The van der Waals surface area contributed by atoms with Gasteiger partial charge in [0.25, 0.3) is 5.91 Å². The van der Waals surface area contributed by atoms with Gasteiger partial charge in [0.15, 0.2) is 0 Å². The number of hydrogen-bond donors (Lipinski definition) is 2. The highest BCUT2D eigenvalue weighted by atomic mass is 35.5. The third-order valence-electron chi connectivity index (χ3n) is 3.64. The SMILES string of the molecule is Cl.O=C(Nc1cccc(OCc2ccc(F)cc2)c1)C1CNCCO1. The molecule has 5 nitrogen and oxygen atoms in total. The van der Waals surface area contributed by atoms with Gasteiger partial charge in [-0.15, -0.1) is 12.4 Å². The Morgan fingerprint density at radius 2 is 2.08 bits per heavy atom. The number of ether oxygens (including phenoxy) is 2. The Balaban J connectivity index is 0.00000225. The smallest absolute Gasteiger partial charge is 0.254 e. The second-order valence-electron chi connectivity index (χ2n) is 5.50. The average molecular weight is 367 g/mol. The fourth-order valence-electron chi connectivity index (χ4n) is 2.37. The number of carbonyl (C=O) groups is 1. The molecular weight excluding hydrogens is 347 g/mol. The number of morpholine rings is 1. The van der Waals surface area contributed by atoms with E-state index in [0.717, 1.165) is 12.1 Å². The summed E-state index contributed by atoms with van der Waals surface area (Å²) >= 11 is 0. The Hall–Kier alpha value is -2.15. The number of hydrogen-bond acceptors (Lipinski definition) is 4. The van der Waals surface area contributed by atoms with Crippen molar-refractivity contribution in [1.29, 1.82) is 0 Å². The van der Waals surface area contributed by atoms with E-state index in [9.17, 15) is 9.18 Å². The van der Waals surface area contributed by atoms with Gasteiger partial charge < -0.3 is 20.1 Å². The number of anilines is 1. The van der Waals surface area contributed by atoms with E-state index in [4.69, 9.17) is 9.47 Å². The van der Waals surface area contributed by atoms with Crippen LogP contribution in [0.4, 0.5) is 10.1 Å². The zero-order chi connectivity index (χ0) is 16.8. The van der Waals surface area contributed by atoms with Gasteiger partial charge in [0, 0.05) is 24.8 Å². The summed E-state index contributed by atoms with van der Waals surface area (Å²) in [4.78, 5) is 12.1. The van der Waals surface area contributed by atoms with Gasteiger partial charge in [-0.05, 0) is 29.8 Å². The number of benzene rings is 2. The van der Waals surface area contributed by atoms with Crippen LogP contribution in [0.25, 0.3) is 0 Å². The van der Waals surface area contributed by atoms with Crippen molar-refractivity contribution in [2.45, 2.75) is 12.7 Å². The monoisotopic (exact) mass is 366 g/mol. The molecule has 1 aliphatic heterocycles. The normalized spacial score (nSPS) is 16.6. The summed E-state index contributed by atoms with van der Waals surface area (Å²) in [7, 11) is 0. The quantitative estimate of drug-likeness (QED) is 0.854. The van der Waals surface area contributed by atoms with E-state index in [1.54, 1.807) is 36.4 Å². The Morgan fingerprint density at radius 3 is 2.80 bits per heavy atom. The van der Waals surface area contributed by atoms with Gasteiger partial charge in [-0.3, -0.25) is 4.79 Å². The molecule has 0 spiro atoms. The van der Waals surface area contributed by atoms with Crippen molar-refractivity contribution in [1.82, 2.24) is 5.32 Å². The van der Waals surface area contributed by atoms with Gasteiger partial charge >= 0.3 is 0 Å². The van der Waals surface area contributed by atoms with Crippen molar-refractivity contribution >= 4 is 24.0 Å². The lowest BCUT2D eigenvalue weighted by atomic mass is 10.2. The summed E-state index contributed by atoms with van der Waals surface area (Å²) in [6.07, 6.45) is -0.484. The van der Waals surface area contributed by atoms with Gasteiger partial charge in [-0.2, -0.15) is 0 Å². The van der Waals surface area contributed by atoms with Crippen LogP contribution in [0, 0.1) is 5.82 Å². The molecule has 2 N–H and O–H groups in total. The summed E-state index contributed by atoms with van der Waals surface area (Å²) in [6.45, 7) is 2.12. The van der Waals surface area contributed by atoms with Crippen LogP contribution in [-0.4, -0.2) is 31.7 Å². The highest BCUT2D eigenvalue weighted by molar-refractivity contribution is 5.94. The number of rotatable bonds is 5. The molecule has 1 fully saturated rings. The molecule has 25 heavy (non-hydrogen) atoms. The van der Waals surface area contributed by atoms with E-state index in [0.29, 0.717) is 31.2 Å². The molecule has 1 amide bonds. The summed E-state index contributed by atoms with van der Waals surface area (Å²) in [6, 6.07) is 13.3. The van der Waals surface area contributed by atoms with E-state index in [2.05, 4.69) is 10.6 Å². The van der Waals surface area contributed by atoms with E-state index in [1.807, 2.05) is 0 Å². The van der Waals surface area contributed by atoms with Crippen molar-refractivity contribution in [3.8, 4) is 5.75 Å². The standard InChI is InChI=1S/C18H19FN2O3.ClH/c19-14-6-4-13(5-7-14)12-24-16-3-1-2-15(10-16)21-18(22)17-11-20-8-9-23-17;/h1-7,10,17,20H,8-9,11-12H2,(H,21,22);1H. The van der Waals surface area contributed by atoms with Gasteiger partial charge in [-0.1, -0.05) is 18.2 Å². The molecule has 0 radical (unpaired) electrons.